The summed E-state index contributed by atoms with van der Waals surface area (Å²) < 4.78 is 0. The van der Waals surface area contributed by atoms with Crippen LogP contribution in [-0.4, -0.2) is 23.5 Å². The molecule has 0 amide bonds. The lowest BCUT2D eigenvalue weighted by atomic mass is 9.84. The summed E-state index contributed by atoms with van der Waals surface area (Å²) in [5.74, 6) is 0. The zero-order valence-electron chi connectivity index (χ0n) is 17.5. The van der Waals surface area contributed by atoms with E-state index in [1.807, 2.05) is 0 Å². The van der Waals surface area contributed by atoms with Crippen LogP contribution in [0.15, 0.2) is 73.5 Å². The molecule has 3 rings (SSSR count). The van der Waals surface area contributed by atoms with Gasteiger partial charge in [0.05, 0.1) is 0 Å². The van der Waals surface area contributed by atoms with Crippen LogP contribution >= 0.6 is 0 Å². The molecule has 2 nitrogen and oxygen atoms in total. The van der Waals surface area contributed by atoms with Crippen molar-refractivity contribution < 1.29 is 0 Å². The topological polar surface area (TPSA) is 15.3 Å². The van der Waals surface area contributed by atoms with Crippen LogP contribution < -0.4 is 5.32 Å². The van der Waals surface area contributed by atoms with Crippen molar-refractivity contribution in [2.75, 3.05) is 13.1 Å². The molecule has 148 valence electrons. The zero-order valence-corrected chi connectivity index (χ0v) is 17.5. The maximum absolute atomic E-state index is 4.39. The van der Waals surface area contributed by atoms with E-state index in [4.69, 9.17) is 0 Å². The molecule has 1 heterocycles. The highest BCUT2D eigenvalue weighted by Crippen LogP contribution is 2.30. The first-order valence-electron chi connectivity index (χ1n) is 10.5. The fraction of sp³-hybridized carbons (Fsp3) is 0.385. The third-order valence-electron chi connectivity index (χ3n) is 6.09. The molecule has 0 unspecified atom stereocenters. The molecule has 1 aliphatic rings. The average Bonchev–Trinajstić information content (AvgIpc) is 2.73. The number of likely N-dealkylation sites (tertiary alicyclic amines) is 1. The molecule has 1 fully saturated rings. The number of piperidine rings is 1. The Bertz CT molecular complexity index is 781. The van der Waals surface area contributed by atoms with Crippen molar-refractivity contribution in [3.8, 4) is 0 Å². The van der Waals surface area contributed by atoms with E-state index < -0.39 is 0 Å². The predicted molar refractivity (Wildman–Crippen MR) is 121 cm³/mol. The highest BCUT2D eigenvalue weighted by atomic mass is 15.2. The summed E-state index contributed by atoms with van der Waals surface area (Å²) >= 11 is 0. The summed E-state index contributed by atoms with van der Waals surface area (Å²) in [5, 5.41) is 3.63. The molecule has 0 radical (unpaired) electrons. The maximum atomic E-state index is 4.39. The van der Waals surface area contributed by atoms with Gasteiger partial charge in [0.1, 0.15) is 0 Å². The first-order valence-corrected chi connectivity index (χ1v) is 10.5. The second kappa shape index (κ2) is 9.14. The summed E-state index contributed by atoms with van der Waals surface area (Å²) in [5.41, 5.74) is 6.43. The van der Waals surface area contributed by atoms with Crippen molar-refractivity contribution in [1.82, 2.24) is 10.2 Å². The third kappa shape index (κ3) is 5.07. The Kier molecular flexibility index (Phi) is 6.61. The molecule has 1 aliphatic heterocycles. The SMILES string of the molecule is C=C(C)NC1(CC)CCN(C(=C)c2ccc(CCc3ccccc3)cc2)CC1. The molecule has 0 aromatic heterocycles. The van der Waals surface area contributed by atoms with Crippen molar-refractivity contribution in [2.24, 2.45) is 0 Å². The van der Waals surface area contributed by atoms with Crippen LogP contribution in [0.4, 0.5) is 0 Å². The van der Waals surface area contributed by atoms with Crippen molar-refractivity contribution in [3.63, 3.8) is 0 Å². The highest BCUT2D eigenvalue weighted by Gasteiger charge is 2.33. The molecule has 1 saturated heterocycles. The van der Waals surface area contributed by atoms with Crippen LogP contribution in [0.25, 0.3) is 5.70 Å². The van der Waals surface area contributed by atoms with Crippen molar-refractivity contribution in [3.05, 3.63) is 90.1 Å². The largest absolute Gasteiger partial charge is 0.383 e. The fourth-order valence-electron chi connectivity index (χ4n) is 4.20. The van der Waals surface area contributed by atoms with Gasteiger partial charge in [-0.15, -0.1) is 0 Å². The van der Waals surface area contributed by atoms with Gasteiger partial charge in [-0.1, -0.05) is 74.7 Å². The minimum absolute atomic E-state index is 0.198. The number of nitrogens with one attached hydrogen (secondary N) is 1. The minimum atomic E-state index is 0.198. The fourth-order valence-corrected chi connectivity index (χ4v) is 4.20. The lowest BCUT2D eigenvalue weighted by Crippen LogP contribution is -2.51. The second-order valence-electron chi connectivity index (χ2n) is 8.16. The van der Waals surface area contributed by atoms with E-state index in [-0.39, 0.29) is 5.54 Å². The number of aryl methyl sites for hydroxylation is 2. The van der Waals surface area contributed by atoms with Crippen molar-refractivity contribution in [1.29, 1.82) is 0 Å². The number of nitrogens with zero attached hydrogens (tertiary/aromatic N) is 1. The number of rotatable bonds is 8. The van der Waals surface area contributed by atoms with Crippen LogP contribution in [-0.2, 0) is 12.8 Å². The molecule has 2 aromatic rings. The van der Waals surface area contributed by atoms with E-state index >= 15 is 0 Å². The van der Waals surface area contributed by atoms with Gasteiger partial charge < -0.3 is 10.2 Å². The van der Waals surface area contributed by atoms with Gasteiger partial charge in [0, 0.05) is 30.0 Å². The Labute approximate surface area is 171 Å². The maximum Gasteiger partial charge on any atom is 0.0401 e. The van der Waals surface area contributed by atoms with Gasteiger partial charge in [-0.25, -0.2) is 0 Å². The summed E-state index contributed by atoms with van der Waals surface area (Å²) in [7, 11) is 0. The van der Waals surface area contributed by atoms with Crippen molar-refractivity contribution >= 4 is 5.70 Å². The summed E-state index contributed by atoms with van der Waals surface area (Å²) in [6.45, 7) is 14.9. The van der Waals surface area contributed by atoms with E-state index in [1.165, 1.54) is 16.7 Å². The molecule has 28 heavy (non-hydrogen) atoms. The van der Waals surface area contributed by atoms with Crippen LogP contribution in [0.1, 0.15) is 49.8 Å². The predicted octanol–water partition coefficient (Wildman–Crippen LogP) is 5.81. The number of hydrogen-bond donors (Lipinski definition) is 1. The molecule has 0 saturated carbocycles. The Morgan fingerprint density at radius 1 is 0.929 bits per heavy atom. The quantitative estimate of drug-likeness (QED) is 0.627. The average molecular weight is 375 g/mol. The molecule has 0 spiro atoms. The number of hydrogen-bond acceptors (Lipinski definition) is 2. The minimum Gasteiger partial charge on any atom is -0.383 e. The Morgan fingerprint density at radius 3 is 2.04 bits per heavy atom. The van der Waals surface area contributed by atoms with Crippen molar-refractivity contribution in [2.45, 2.75) is 51.5 Å². The van der Waals surface area contributed by atoms with Gasteiger partial charge >= 0.3 is 0 Å². The smallest absolute Gasteiger partial charge is 0.0401 e. The van der Waals surface area contributed by atoms with E-state index in [0.29, 0.717) is 0 Å². The Balaban J connectivity index is 1.55. The van der Waals surface area contributed by atoms with E-state index in [1.54, 1.807) is 0 Å². The van der Waals surface area contributed by atoms with Gasteiger partial charge in [0.15, 0.2) is 0 Å². The monoisotopic (exact) mass is 374 g/mol. The van der Waals surface area contributed by atoms with Crippen LogP contribution in [0.3, 0.4) is 0 Å². The van der Waals surface area contributed by atoms with Crippen LogP contribution in [0.5, 0.6) is 0 Å². The second-order valence-corrected chi connectivity index (χ2v) is 8.16. The summed E-state index contributed by atoms with van der Waals surface area (Å²) in [6, 6.07) is 19.7. The van der Waals surface area contributed by atoms with Gasteiger partial charge in [0.25, 0.3) is 0 Å². The molecular weight excluding hydrogens is 340 g/mol. The van der Waals surface area contributed by atoms with Crippen LogP contribution in [0, 0.1) is 0 Å². The number of benzene rings is 2. The normalized spacial score (nSPS) is 15.9. The Hall–Kier alpha value is -2.48. The first kappa shape index (κ1) is 20.3. The van der Waals surface area contributed by atoms with Gasteiger partial charge in [-0.3, -0.25) is 0 Å². The molecule has 2 aromatic carbocycles. The summed E-state index contributed by atoms with van der Waals surface area (Å²) in [6.07, 6.45) is 5.56. The van der Waals surface area contributed by atoms with Gasteiger partial charge in [0.2, 0.25) is 0 Å². The molecule has 0 atom stereocenters. The molecule has 0 aliphatic carbocycles. The summed E-state index contributed by atoms with van der Waals surface area (Å²) in [4.78, 5) is 2.44. The van der Waals surface area contributed by atoms with E-state index in [0.717, 1.165) is 56.6 Å². The molecular formula is C26H34N2. The van der Waals surface area contributed by atoms with Gasteiger partial charge in [-0.2, -0.15) is 0 Å². The highest BCUT2D eigenvalue weighted by molar-refractivity contribution is 5.62. The van der Waals surface area contributed by atoms with E-state index in [9.17, 15) is 0 Å². The molecule has 1 N–H and O–H groups in total. The third-order valence-corrected chi connectivity index (χ3v) is 6.09. The first-order chi connectivity index (χ1) is 13.5. The zero-order chi connectivity index (χ0) is 20.0. The number of allylic oxidation sites excluding steroid dienone is 1. The molecule has 0 bridgehead atoms. The standard InChI is InChI=1S/C26H34N2/c1-5-26(27-21(2)3)17-19-28(20-18-26)22(4)25-15-13-24(14-16-25)12-11-23-9-7-6-8-10-23/h6-10,13-16,27H,2,4-5,11-12,17-20H2,1,3H3. The van der Waals surface area contributed by atoms with Gasteiger partial charge in [-0.05, 0) is 55.7 Å². The Morgan fingerprint density at radius 2 is 1.50 bits per heavy atom. The van der Waals surface area contributed by atoms with E-state index in [2.05, 4.69) is 91.8 Å². The lowest BCUT2D eigenvalue weighted by Gasteiger charge is -2.44. The lowest BCUT2D eigenvalue weighted by molar-refractivity contribution is 0.185. The van der Waals surface area contributed by atoms with Crippen LogP contribution in [0.2, 0.25) is 0 Å². The molecule has 2 heteroatoms.